The van der Waals surface area contributed by atoms with E-state index in [4.69, 9.17) is 11.6 Å². The number of hydrogen-bond acceptors (Lipinski definition) is 2. The number of fused-ring (bicyclic) bond motifs is 2. The summed E-state index contributed by atoms with van der Waals surface area (Å²) in [6, 6.07) is 13.4. The number of H-pyrrole nitrogens is 1. The molecule has 2 aromatic carbocycles. The van der Waals surface area contributed by atoms with E-state index in [1.165, 1.54) is 0 Å². The Morgan fingerprint density at radius 2 is 2.00 bits per heavy atom. The van der Waals surface area contributed by atoms with Crippen molar-refractivity contribution < 1.29 is 4.79 Å². The minimum Gasteiger partial charge on any atom is -0.344 e. The molecule has 0 saturated heterocycles. The van der Waals surface area contributed by atoms with E-state index < -0.39 is 0 Å². The molecule has 1 atom stereocenters. The van der Waals surface area contributed by atoms with Crippen LogP contribution in [0.1, 0.15) is 29.0 Å². The van der Waals surface area contributed by atoms with Gasteiger partial charge in [-0.15, -0.1) is 0 Å². The zero-order valence-corrected chi connectivity index (χ0v) is 14.6. The van der Waals surface area contributed by atoms with Crippen LogP contribution in [0.3, 0.4) is 0 Å². The average Bonchev–Trinajstić information content (AvgIpc) is 3.19. The summed E-state index contributed by atoms with van der Waals surface area (Å²) in [5.74, 6) is -0.118. The standard InChI is InChI=1S/C19H17ClN4O/c1-11(12-3-4-14-10-21-23-16(14)7-12)22-19(25)18-8-13-5-6-15(20)9-17(13)24(18)2/h3-11H,1-2H3,(H,21,23)(H,22,25). The summed E-state index contributed by atoms with van der Waals surface area (Å²) in [5.41, 5.74) is 3.51. The van der Waals surface area contributed by atoms with Crippen molar-refractivity contribution >= 4 is 39.3 Å². The zero-order valence-electron chi connectivity index (χ0n) is 13.9. The fourth-order valence-electron chi connectivity index (χ4n) is 3.10. The Hall–Kier alpha value is -2.79. The van der Waals surface area contributed by atoms with Crippen molar-refractivity contribution in [3.8, 4) is 0 Å². The first-order valence-electron chi connectivity index (χ1n) is 8.02. The molecule has 2 N–H and O–H groups in total. The first-order valence-corrected chi connectivity index (χ1v) is 8.39. The van der Waals surface area contributed by atoms with Gasteiger partial charge in [-0.2, -0.15) is 5.10 Å². The van der Waals surface area contributed by atoms with E-state index in [9.17, 15) is 4.79 Å². The van der Waals surface area contributed by atoms with E-state index in [1.807, 2.05) is 61.0 Å². The number of benzene rings is 2. The van der Waals surface area contributed by atoms with E-state index in [1.54, 1.807) is 6.20 Å². The lowest BCUT2D eigenvalue weighted by atomic mass is 10.1. The number of carbonyl (C=O) groups is 1. The van der Waals surface area contributed by atoms with Crippen LogP contribution in [-0.4, -0.2) is 20.7 Å². The van der Waals surface area contributed by atoms with E-state index in [0.29, 0.717) is 10.7 Å². The molecular formula is C19H17ClN4O. The van der Waals surface area contributed by atoms with Crippen molar-refractivity contribution in [2.45, 2.75) is 13.0 Å². The van der Waals surface area contributed by atoms with Crippen LogP contribution in [0.4, 0.5) is 0 Å². The summed E-state index contributed by atoms with van der Waals surface area (Å²) in [7, 11) is 1.87. The molecule has 0 radical (unpaired) electrons. The van der Waals surface area contributed by atoms with E-state index >= 15 is 0 Å². The van der Waals surface area contributed by atoms with Gasteiger partial charge in [0.15, 0.2) is 0 Å². The quantitative estimate of drug-likeness (QED) is 0.580. The number of aromatic amines is 1. The highest BCUT2D eigenvalue weighted by Gasteiger charge is 2.17. The monoisotopic (exact) mass is 352 g/mol. The summed E-state index contributed by atoms with van der Waals surface area (Å²) < 4.78 is 1.86. The molecular weight excluding hydrogens is 336 g/mol. The number of nitrogens with zero attached hydrogens (tertiary/aromatic N) is 2. The van der Waals surface area contributed by atoms with Crippen LogP contribution in [0.15, 0.2) is 48.7 Å². The molecule has 0 bridgehead atoms. The van der Waals surface area contributed by atoms with Crippen LogP contribution < -0.4 is 5.32 Å². The number of rotatable bonds is 3. The molecule has 4 aromatic rings. The number of amides is 1. The summed E-state index contributed by atoms with van der Waals surface area (Å²) in [4.78, 5) is 12.7. The molecule has 0 aliphatic heterocycles. The van der Waals surface area contributed by atoms with Crippen LogP contribution in [-0.2, 0) is 7.05 Å². The predicted octanol–water partition coefficient (Wildman–Crippen LogP) is 4.20. The normalized spacial score (nSPS) is 12.6. The van der Waals surface area contributed by atoms with Crippen molar-refractivity contribution in [3.63, 3.8) is 0 Å². The first kappa shape index (κ1) is 15.7. The van der Waals surface area contributed by atoms with E-state index in [2.05, 4.69) is 15.5 Å². The van der Waals surface area contributed by atoms with Crippen LogP contribution in [0.25, 0.3) is 21.8 Å². The lowest BCUT2D eigenvalue weighted by Gasteiger charge is -2.15. The largest absolute Gasteiger partial charge is 0.344 e. The number of halogens is 1. The summed E-state index contributed by atoms with van der Waals surface area (Å²) >= 11 is 6.06. The number of carbonyl (C=O) groups excluding carboxylic acids is 1. The summed E-state index contributed by atoms with van der Waals surface area (Å²) in [6.45, 7) is 1.97. The third-order valence-electron chi connectivity index (χ3n) is 4.55. The smallest absolute Gasteiger partial charge is 0.268 e. The minimum absolute atomic E-state index is 0.118. The van der Waals surface area contributed by atoms with Gasteiger partial charge in [0.2, 0.25) is 0 Å². The third kappa shape index (κ3) is 2.76. The minimum atomic E-state index is -0.123. The van der Waals surface area contributed by atoms with Gasteiger partial charge in [-0.25, -0.2) is 0 Å². The van der Waals surface area contributed by atoms with Gasteiger partial charge in [-0.05, 0) is 36.8 Å². The second-order valence-corrected chi connectivity index (χ2v) is 6.64. The molecule has 1 amide bonds. The van der Waals surface area contributed by atoms with Crippen molar-refractivity contribution in [2.75, 3.05) is 0 Å². The van der Waals surface area contributed by atoms with Gasteiger partial charge in [0, 0.05) is 28.4 Å². The van der Waals surface area contributed by atoms with Crippen molar-refractivity contribution in [3.05, 3.63) is 64.9 Å². The molecule has 25 heavy (non-hydrogen) atoms. The maximum atomic E-state index is 12.7. The lowest BCUT2D eigenvalue weighted by molar-refractivity contribution is 0.0932. The van der Waals surface area contributed by atoms with Gasteiger partial charge in [0.05, 0.1) is 17.8 Å². The Balaban J connectivity index is 1.61. The Morgan fingerprint density at radius 1 is 1.20 bits per heavy atom. The van der Waals surface area contributed by atoms with E-state index in [0.717, 1.165) is 27.4 Å². The maximum Gasteiger partial charge on any atom is 0.268 e. The van der Waals surface area contributed by atoms with E-state index in [-0.39, 0.29) is 11.9 Å². The zero-order chi connectivity index (χ0) is 17.6. The first-order chi connectivity index (χ1) is 12.0. The van der Waals surface area contributed by atoms with Gasteiger partial charge in [0.1, 0.15) is 5.69 Å². The van der Waals surface area contributed by atoms with Gasteiger partial charge >= 0.3 is 0 Å². The second kappa shape index (κ2) is 5.93. The third-order valence-corrected chi connectivity index (χ3v) is 4.79. The van der Waals surface area contributed by atoms with Crippen LogP contribution >= 0.6 is 11.6 Å². The molecule has 0 saturated carbocycles. The molecule has 1 unspecified atom stereocenters. The molecule has 5 nitrogen and oxygen atoms in total. The van der Waals surface area contributed by atoms with Crippen LogP contribution in [0.5, 0.6) is 0 Å². The predicted molar refractivity (Wildman–Crippen MR) is 99.9 cm³/mol. The molecule has 0 aliphatic rings. The van der Waals surface area contributed by atoms with Crippen molar-refractivity contribution in [1.29, 1.82) is 0 Å². The Bertz CT molecular complexity index is 1100. The molecule has 2 heterocycles. The summed E-state index contributed by atoms with van der Waals surface area (Å²) in [6.07, 6.45) is 1.78. The number of aryl methyl sites for hydroxylation is 1. The fourth-order valence-corrected chi connectivity index (χ4v) is 3.27. The highest BCUT2D eigenvalue weighted by molar-refractivity contribution is 6.31. The highest BCUT2D eigenvalue weighted by Crippen LogP contribution is 2.24. The molecule has 0 spiro atoms. The molecule has 6 heteroatoms. The topological polar surface area (TPSA) is 62.7 Å². The maximum absolute atomic E-state index is 12.7. The molecule has 0 fully saturated rings. The fraction of sp³-hybridized carbons (Fsp3) is 0.158. The Morgan fingerprint density at radius 3 is 2.84 bits per heavy atom. The molecule has 2 aromatic heterocycles. The number of hydrogen-bond donors (Lipinski definition) is 2. The highest BCUT2D eigenvalue weighted by atomic mass is 35.5. The number of nitrogens with one attached hydrogen (secondary N) is 2. The van der Waals surface area contributed by atoms with Gasteiger partial charge in [0.25, 0.3) is 5.91 Å². The van der Waals surface area contributed by atoms with Gasteiger partial charge in [-0.3, -0.25) is 9.89 Å². The second-order valence-electron chi connectivity index (χ2n) is 6.20. The number of aromatic nitrogens is 3. The molecule has 0 aliphatic carbocycles. The average molecular weight is 353 g/mol. The van der Waals surface area contributed by atoms with Crippen LogP contribution in [0, 0.1) is 0 Å². The Labute approximate surface area is 149 Å². The SMILES string of the molecule is CC(NC(=O)c1cc2ccc(Cl)cc2n1C)c1ccc2cn[nH]c2c1. The van der Waals surface area contributed by atoms with Gasteiger partial charge < -0.3 is 9.88 Å². The molecule has 4 rings (SSSR count). The van der Waals surface area contributed by atoms with Crippen molar-refractivity contribution in [2.24, 2.45) is 7.05 Å². The lowest BCUT2D eigenvalue weighted by Crippen LogP contribution is -2.28. The summed E-state index contributed by atoms with van der Waals surface area (Å²) in [5, 5.41) is 12.7. The van der Waals surface area contributed by atoms with Gasteiger partial charge in [-0.1, -0.05) is 29.8 Å². The Kier molecular flexibility index (Phi) is 3.73. The van der Waals surface area contributed by atoms with Crippen LogP contribution in [0.2, 0.25) is 5.02 Å². The van der Waals surface area contributed by atoms with Crippen molar-refractivity contribution in [1.82, 2.24) is 20.1 Å². The molecule has 126 valence electrons.